The van der Waals surface area contributed by atoms with Gasteiger partial charge in [-0.3, -0.25) is 9.10 Å². The van der Waals surface area contributed by atoms with Gasteiger partial charge in [0.05, 0.1) is 25.1 Å². The van der Waals surface area contributed by atoms with Gasteiger partial charge in [0, 0.05) is 0 Å². The first kappa shape index (κ1) is 24.1. The molecule has 3 aromatic rings. The van der Waals surface area contributed by atoms with Crippen LogP contribution in [0.15, 0.2) is 71.6 Å². The van der Waals surface area contributed by atoms with Crippen LogP contribution < -0.4 is 19.1 Å². The number of rotatable bonds is 9. The molecule has 7 nitrogen and oxygen atoms in total. The lowest BCUT2D eigenvalue weighted by Gasteiger charge is -2.25. The summed E-state index contributed by atoms with van der Waals surface area (Å²) < 4.78 is 53.0. The minimum Gasteiger partial charge on any atom is -0.495 e. The van der Waals surface area contributed by atoms with E-state index in [0.29, 0.717) is 17.9 Å². The van der Waals surface area contributed by atoms with Crippen LogP contribution in [0.3, 0.4) is 0 Å². The van der Waals surface area contributed by atoms with E-state index in [-0.39, 0.29) is 22.0 Å². The molecule has 0 aliphatic rings. The fraction of sp³-hybridized carbons (Fsp3) is 0.208. The van der Waals surface area contributed by atoms with E-state index in [1.807, 2.05) is 6.92 Å². The van der Waals surface area contributed by atoms with Crippen molar-refractivity contribution in [2.24, 2.45) is 0 Å². The number of anilines is 2. The largest absolute Gasteiger partial charge is 0.495 e. The second kappa shape index (κ2) is 10.4. The zero-order valence-corrected chi connectivity index (χ0v) is 19.4. The van der Waals surface area contributed by atoms with Crippen molar-refractivity contribution in [3.8, 4) is 11.5 Å². The second-order valence-electron chi connectivity index (χ2n) is 7.12. The molecule has 0 fully saturated rings. The molecule has 174 valence electrons. The number of carbonyl (C=O) groups excluding carboxylic acids is 1. The van der Waals surface area contributed by atoms with Crippen molar-refractivity contribution in [3.63, 3.8) is 0 Å². The number of sulfonamides is 1. The van der Waals surface area contributed by atoms with E-state index in [0.717, 1.165) is 4.31 Å². The highest BCUT2D eigenvalue weighted by molar-refractivity contribution is 7.93. The van der Waals surface area contributed by atoms with Gasteiger partial charge < -0.3 is 14.8 Å². The molecule has 1 amide bonds. The molecular weight excluding hydrogens is 447 g/mol. The van der Waals surface area contributed by atoms with E-state index in [1.54, 1.807) is 49.4 Å². The van der Waals surface area contributed by atoms with E-state index in [4.69, 9.17) is 9.47 Å². The van der Waals surface area contributed by atoms with Crippen LogP contribution in [0.5, 0.6) is 11.5 Å². The second-order valence-corrected chi connectivity index (χ2v) is 8.95. The van der Waals surface area contributed by atoms with Gasteiger partial charge in [-0.25, -0.2) is 12.8 Å². The lowest BCUT2D eigenvalue weighted by atomic mass is 10.2. The molecule has 1 N–H and O–H groups in total. The van der Waals surface area contributed by atoms with Gasteiger partial charge in [0.2, 0.25) is 5.91 Å². The molecule has 0 radical (unpaired) electrons. The summed E-state index contributed by atoms with van der Waals surface area (Å²) >= 11 is 0. The molecule has 0 unspecified atom stereocenters. The molecule has 0 aromatic heterocycles. The van der Waals surface area contributed by atoms with Crippen LogP contribution in [0.1, 0.15) is 12.5 Å². The minimum absolute atomic E-state index is 0.0420. The highest BCUT2D eigenvalue weighted by Crippen LogP contribution is 2.31. The first-order valence-electron chi connectivity index (χ1n) is 10.2. The molecule has 0 aliphatic heterocycles. The van der Waals surface area contributed by atoms with Crippen LogP contribution in [-0.2, 0) is 14.8 Å². The SMILES string of the molecule is CCOc1ccc(N(CC(=O)Nc2ccccc2F)S(=O)(=O)c2cc(C)ccc2OC)cc1. The topological polar surface area (TPSA) is 84.9 Å². The van der Waals surface area contributed by atoms with E-state index in [2.05, 4.69) is 5.32 Å². The van der Waals surface area contributed by atoms with Gasteiger partial charge in [-0.15, -0.1) is 0 Å². The van der Waals surface area contributed by atoms with Gasteiger partial charge in [0.25, 0.3) is 10.0 Å². The van der Waals surface area contributed by atoms with Crippen LogP contribution in [0, 0.1) is 12.7 Å². The summed E-state index contributed by atoms with van der Waals surface area (Å²) in [5, 5.41) is 2.43. The summed E-state index contributed by atoms with van der Waals surface area (Å²) in [4.78, 5) is 12.7. The number of methoxy groups -OCH3 is 1. The van der Waals surface area contributed by atoms with Crippen LogP contribution in [0.2, 0.25) is 0 Å². The number of nitrogens with zero attached hydrogens (tertiary/aromatic N) is 1. The van der Waals surface area contributed by atoms with Gasteiger partial charge in [-0.1, -0.05) is 18.2 Å². The Bertz CT molecular complexity index is 1230. The summed E-state index contributed by atoms with van der Waals surface area (Å²) in [6, 6.07) is 16.7. The first-order chi connectivity index (χ1) is 15.8. The van der Waals surface area contributed by atoms with Crippen LogP contribution in [0.4, 0.5) is 15.8 Å². The molecule has 0 bridgehead atoms. The Morgan fingerprint density at radius 1 is 1.06 bits per heavy atom. The molecule has 0 saturated carbocycles. The van der Waals surface area contributed by atoms with Crippen LogP contribution in [-0.4, -0.2) is 34.6 Å². The lowest BCUT2D eigenvalue weighted by Crippen LogP contribution is -2.38. The maximum atomic E-state index is 14.0. The number of halogens is 1. The highest BCUT2D eigenvalue weighted by Gasteiger charge is 2.30. The first-order valence-corrected chi connectivity index (χ1v) is 11.6. The molecule has 0 spiro atoms. The van der Waals surface area contributed by atoms with Crippen molar-refractivity contribution in [3.05, 3.63) is 78.1 Å². The average Bonchev–Trinajstić information content (AvgIpc) is 2.80. The Hall–Kier alpha value is -3.59. The molecule has 0 heterocycles. The minimum atomic E-state index is -4.23. The molecule has 0 atom stereocenters. The Kier molecular flexibility index (Phi) is 7.55. The summed E-state index contributed by atoms with van der Waals surface area (Å²) in [5.74, 6) is -0.626. The zero-order chi connectivity index (χ0) is 24.0. The summed E-state index contributed by atoms with van der Waals surface area (Å²) in [6.45, 7) is 3.46. The number of benzene rings is 3. The third kappa shape index (κ3) is 5.61. The lowest BCUT2D eigenvalue weighted by molar-refractivity contribution is -0.114. The van der Waals surface area contributed by atoms with Crippen molar-refractivity contribution >= 4 is 27.3 Å². The van der Waals surface area contributed by atoms with Gasteiger partial charge in [0.15, 0.2) is 0 Å². The predicted octanol–water partition coefficient (Wildman–Crippen LogP) is 4.38. The van der Waals surface area contributed by atoms with Crippen molar-refractivity contribution in [2.45, 2.75) is 18.7 Å². The number of ether oxygens (including phenoxy) is 2. The van der Waals surface area contributed by atoms with Crippen molar-refractivity contribution in [1.82, 2.24) is 0 Å². The standard InChI is InChI=1S/C24H25FN2O5S/c1-4-32-19-12-10-18(11-13-19)27(16-24(28)26-21-8-6-5-7-20(21)25)33(29,30)23-15-17(2)9-14-22(23)31-3/h5-15H,4,16H2,1-3H3,(H,26,28). The number of hydrogen-bond acceptors (Lipinski definition) is 5. The number of para-hydroxylation sites is 1. The van der Waals surface area contributed by atoms with Gasteiger partial charge in [-0.2, -0.15) is 0 Å². The fourth-order valence-electron chi connectivity index (χ4n) is 3.18. The zero-order valence-electron chi connectivity index (χ0n) is 18.5. The third-order valence-electron chi connectivity index (χ3n) is 4.76. The predicted molar refractivity (Wildman–Crippen MR) is 125 cm³/mol. The molecular formula is C24H25FN2O5S. The Labute approximate surface area is 192 Å². The van der Waals surface area contributed by atoms with E-state index >= 15 is 0 Å². The fourth-order valence-corrected chi connectivity index (χ4v) is 4.84. The number of hydrogen-bond donors (Lipinski definition) is 1. The number of amides is 1. The van der Waals surface area contributed by atoms with E-state index < -0.39 is 28.3 Å². The molecule has 9 heteroatoms. The Morgan fingerprint density at radius 3 is 2.39 bits per heavy atom. The molecule has 33 heavy (non-hydrogen) atoms. The molecule has 3 rings (SSSR count). The van der Waals surface area contributed by atoms with Gasteiger partial charge in [0.1, 0.15) is 28.8 Å². The Balaban J connectivity index is 2.02. The van der Waals surface area contributed by atoms with Gasteiger partial charge >= 0.3 is 0 Å². The average molecular weight is 473 g/mol. The van der Waals surface area contributed by atoms with E-state index in [1.165, 1.54) is 31.4 Å². The molecule has 3 aromatic carbocycles. The number of carbonyl (C=O) groups is 1. The number of nitrogens with one attached hydrogen (secondary N) is 1. The van der Waals surface area contributed by atoms with Crippen LogP contribution in [0.25, 0.3) is 0 Å². The van der Waals surface area contributed by atoms with Crippen molar-refractivity contribution in [2.75, 3.05) is 29.9 Å². The molecule has 0 saturated heterocycles. The summed E-state index contributed by atoms with van der Waals surface area (Å²) in [7, 11) is -2.86. The van der Waals surface area contributed by atoms with Crippen LogP contribution >= 0.6 is 0 Å². The van der Waals surface area contributed by atoms with Crippen molar-refractivity contribution < 1.29 is 27.1 Å². The van der Waals surface area contributed by atoms with Gasteiger partial charge in [-0.05, 0) is 67.9 Å². The van der Waals surface area contributed by atoms with Crippen molar-refractivity contribution in [1.29, 1.82) is 0 Å². The van der Waals surface area contributed by atoms with E-state index in [9.17, 15) is 17.6 Å². The Morgan fingerprint density at radius 2 is 1.76 bits per heavy atom. The number of aryl methyl sites for hydroxylation is 1. The quantitative estimate of drug-likeness (QED) is 0.500. The summed E-state index contributed by atoms with van der Waals surface area (Å²) in [5.41, 5.74) is 0.905. The molecule has 0 aliphatic carbocycles. The normalized spacial score (nSPS) is 11.0. The maximum absolute atomic E-state index is 14.0. The monoisotopic (exact) mass is 472 g/mol. The smallest absolute Gasteiger partial charge is 0.268 e. The third-order valence-corrected chi connectivity index (χ3v) is 6.55. The highest BCUT2D eigenvalue weighted by atomic mass is 32.2. The maximum Gasteiger partial charge on any atom is 0.268 e. The summed E-state index contributed by atoms with van der Waals surface area (Å²) in [6.07, 6.45) is 0.